The van der Waals surface area contributed by atoms with Crippen molar-refractivity contribution in [3.63, 3.8) is 0 Å². The van der Waals surface area contributed by atoms with E-state index in [9.17, 15) is 0 Å². The van der Waals surface area contributed by atoms with Crippen molar-refractivity contribution in [1.82, 2.24) is 4.57 Å². The molecule has 0 radical (unpaired) electrons. The predicted molar refractivity (Wildman–Crippen MR) is 44.6 cm³/mol. The van der Waals surface area contributed by atoms with Gasteiger partial charge < -0.3 is 4.57 Å². The van der Waals surface area contributed by atoms with Gasteiger partial charge in [0.25, 0.3) is 0 Å². The Kier molecular flexibility index (Phi) is 2.30. The normalized spacial score (nSPS) is 39.3. The second-order valence-corrected chi connectivity index (χ2v) is 4.33. The van der Waals surface area contributed by atoms with Gasteiger partial charge >= 0.3 is 0 Å². The maximum atomic E-state index is 2.61. The molecule has 2 atom stereocenters. The lowest BCUT2D eigenvalue weighted by molar-refractivity contribution is 0.211. The second-order valence-electron chi connectivity index (χ2n) is 3.29. The molecule has 1 aliphatic heterocycles. The van der Waals surface area contributed by atoms with Crippen LogP contribution in [0, 0.1) is 0 Å². The molecule has 1 fully saturated rings. The van der Waals surface area contributed by atoms with Gasteiger partial charge in [0.15, 0.2) is 0 Å². The lowest BCUT2D eigenvalue weighted by atomic mass is 10.0. The van der Waals surface area contributed by atoms with Crippen molar-refractivity contribution >= 4 is 10.4 Å². The summed E-state index contributed by atoms with van der Waals surface area (Å²) in [6.45, 7) is 4.70. The van der Waals surface area contributed by atoms with Crippen LogP contribution >= 0.6 is 0 Å². The topological polar surface area (TPSA) is 3.24 Å². The highest BCUT2D eigenvalue weighted by Gasteiger charge is 2.19. The average Bonchev–Trinajstić information content (AvgIpc) is 1.83. The zero-order valence-corrected chi connectivity index (χ0v) is 8.72. The van der Waals surface area contributed by atoms with Crippen molar-refractivity contribution in [3.8, 4) is 0 Å². The van der Waals surface area contributed by atoms with Gasteiger partial charge in [-0.05, 0) is 24.9 Å². The molecular formula is C7H17NSi. The number of piperidine rings is 1. The van der Waals surface area contributed by atoms with Gasteiger partial charge in [-0.1, -0.05) is 20.3 Å². The fraction of sp³-hybridized carbons (Fsp3) is 1.00. The minimum Gasteiger partial charge on any atom is -0.327 e. The molecule has 0 aromatic carbocycles. The van der Waals surface area contributed by atoms with E-state index >= 15 is 0 Å². The molecule has 54 valence electrons. The fourth-order valence-electron chi connectivity index (χ4n) is 1.55. The molecule has 1 saturated heterocycles. The first-order chi connectivity index (χ1) is 4.22. The van der Waals surface area contributed by atoms with E-state index in [2.05, 4.69) is 18.4 Å². The van der Waals surface area contributed by atoms with Crippen molar-refractivity contribution < 1.29 is 0 Å². The molecule has 0 amide bonds. The molecule has 1 nitrogen and oxygen atoms in total. The minimum absolute atomic E-state index is 0.875. The van der Waals surface area contributed by atoms with Crippen LogP contribution in [0.2, 0.25) is 0 Å². The molecule has 2 heteroatoms. The van der Waals surface area contributed by atoms with Crippen LogP contribution in [0.1, 0.15) is 33.1 Å². The van der Waals surface area contributed by atoms with Crippen LogP contribution in [0.5, 0.6) is 0 Å². The summed E-state index contributed by atoms with van der Waals surface area (Å²) in [6, 6.07) is 1.75. The fourth-order valence-corrected chi connectivity index (χ4v) is 2.07. The van der Waals surface area contributed by atoms with Crippen LogP contribution in [-0.4, -0.2) is 27.1 Å². The van der Waals surface area contributed by atoms with Gasteiger partial charge in [0.05, 0.1) is 10.4 Å². The van der Waals surface area contributed by atoms with Gasteiger partial charge in [0.1, 0.15) is 0 Å². The van der Waals surface area contributed by atoms with E-state index in [0.717, 1.165) is 12.1 Å². The van der Waals surface area contributed by atoms with Crippen LogP contribution in [0.15, 0.2) is 0 Å². The molecular weight excluding hydrogens is 126 g/mol. The molecule has 1 aliphatic rings. The Morgan fingerprint density at radius 3 is 2.00 bits per heavy atom. The van der Waals surface area contributed by atoms with Crippen molar-refractivity contribution in [3.05, 3.63) is 0 Å². The Balaban J connectivity index is 2.41. The lowest BCUT2D eigenvalue weighted by Gasteiger charge is -2.36. The maximum Gasteiger partial charge on any atom is 0.0791 e. The van der Waals surface area contributed by atoms with Crippen LogP contribution in [0.25, 0.3) is 0 Å². The van der Waals surface area contributed by atoms with E-state index in [1.807, 2.05) is 0 Å². The first kappa shape index (κ1) is 7.29. The Bertz CT molecular complexity index is 84.9. The average molecular weight is 143 g/mol. The highest BCUT2D eigenvalue weighted by atomic mass is 28.2. The SMILES string of the molecule is C[C@H]1CCC[C@H](C)N1[SiH3]. The van der Waals surface area contributed by atoms with Gasteiger partial charge in [-0.15, -0.1) is 0 Å². The Labute approximate surface area is 60.9 Å². The Hall–Kier alpha value is 0.177. The Morgan fingerprint density at radius 2 is 1.67 bits per heavy atom. The molecule has 0 bridgehead atoms. The minimum atomic E-state index is 0.875. The third-order valence-electron chi connectivity index (χ3n) is 2.63. The maximum absolute atomic E-state index is 2.61. The van der Waals surface area contributed by atoms with E-state index in [1.165, 1.54) is 29.7 Å². The summed E-state index contributed by atoms with van der Waals surface area (Å²) in [5, 5.41) is 0. The molecule has 0 aromatic rings. The van der Waals surface area contributed by atoms with Gasteiger partial charge in [-0.3, -0.25) is 0 Å². The van der Waals surface area contributed by atoms with Crippen molar-refractivity contribution in [2.24, 2.45) is 0 Å². The smallest absolute Gasteiger partial charge is 0.0791 e. The lowest BCUT2D eigenvalue weighted by Crippen LogP contribution is -2.41. The summed E-state index contributed by atoms with van der Waals surface area (Å²) in [5.74, 6) is 0. The molecule has 9 heavy (non-hydrogen) atoms. The highest BCUT2D eigenvalue weighted by molar-refractivity contribution is 6.04. The number of rotatable bonds is 0. The second kappa shape index (κ2) is 2.84. The van der Waals surface area contributed by atoms with Crippen molar-refractivity contribution in [2.75, 3.05) is 0 Å². The standard InChI is InChI=1S/C7H17NSi/c1-6-4-3-5-7(2)8(6)9/h6-7H,3-5H2,1-2,9H3/t6-,7-/m0/s1. The van der Waals surface area contributed by atoms with E-state index < -0.39 is 0 Å². The summed E-state index contributed by atoms with van der Waals surface area (Å²) in [4.78, 5) is 0. The van der Waals surface area contributed by atoms with Crippen LogP contribution in [0.3, 0.4) is 0 Å². The summed E-state index contributed by atoms with van der Waals surface area (Å²) < 4.78 is 2.61. The molecule has 0 spiro atoms. The number of hydrogen-bond acceptors (Lipinski definition) is 1. The van der Waals surface area contributed by atoms with E-state index in [1.54, 1.807) is 0 Å². The number of hydrogen-bond donors (Lipinski definition) is 0. The van der Waals surface area contributed by atoms with Crippen molar-refractivity contribution in [1.29, 1.82) is 0 Å². The summed E-state index contributed by atoms with van der Waals surface area (Å²) >= 11 is 0. The molecule has 0 N–H and O–H groups in total. The van der Waals surface area contributed by atoms with Crippen LogP contribution in [0.4, 0.5) is 0 Å². The van der Waals surface area contributed by atoms with Crippen LogP contribution in [-0.2, 0) is 0 Å². The molecule has 1 heterocycles. The molecule has 0 aromatic heterocycles. The number of nitrogens with zero attached hydrogens (tertiary/aromatic N) is 1. The van der Waals surface area contributed by atoms with Crippen molar-refractivity contribution in [2.45, 2.75) is 45.2 Å². The third-order valence-corrected chi connectivity index (χ3v) is 4.40. The monoisotopic (exact) mass is 143 g/mol. The molecule has 1 rings (SSSR count). The quantitative estimate of drug-likeness (QED) is 0.447. The first-order valence-corrected chi connectivity index (χ1v) is 4.83. The molecule has 0 unspecified atom stereocenters. The van der Waals surface area contributed by atoms with E-state index in [4.69, 9.17) is 0 Å². The molecule has 0 aliphatic carbocycles. The van der Waals surface area contributed by atoms with Crippen LogP contribution < -0.4 is 0 Å². The van der Waals surface area contributed by atoms with Gasteiger partial charge in [0.2, 0.25) is 0 Å². The Morgan fingerprint density at radius 1 is 1.22 bits per heavy atom. The van der Waals surface area contributed by atoms with E-state index in [0.29, 0.717) is 0 Å². The third kappa shape index (κ3) is 1.55. The predicted octanol–water partition coefficient (Wildman–Crippen LogP) is 0.530. The summed E-state index contributed by atoms with van der Waals surface area (Å²) in [5.41, 5.74) is 0. The van der Waals surface area contributed by atoms with E-state index in [-0.39, 0.29) is 0 Å². The van der Waals surface area contributed by atoms with Gasteiger partial charge in [-0.25, -0.2) is 0 Å². The summed E-state index contributed by atoms with van der Waals surface area (Å²) in [7, 11) is 1.25. The first-order valence-electron chi connectivity index (χ1n) is 3.93. The zero-order valence-electron chi connectivity index (χ0n) is 6.72. The summed E-state index contributed by atoms with van der Waals surface area (Å²) in [6.07, 6.45) is 4.29. The van der Waals surface area contributed by atoms with Gasteiger partial charge in [-0.2, -0.15) is 0 Å². The van der Waals surface area contributed by atoms with Gasteiger partial charge in [0, 0.05) is 0 Å². The molecule has 0 saturated carbocycles. The largest absolute Gasteiger partial charge is 0.327 e. The highest BCUT2D eigenvalue weighted by Crippen LogP contribution is 2.19. The zero-order chi connectivity index (χ0) is 6.85.